The number of aromatic hydroxyl groups is 1. The molecule has 1 N–H and O–H groups in total. The van der Waals surface area contributed by atoms with Crippen molar-refractivity contribution in [3.8, 4) is 5.75 Å². The van der Waals surface area contributed by atoms with E-state index in [4.69, 9.17) is 0 Å². The minimum Gasteiger partial charge on any atom is -0.508 e. The Kier molecular flexibility index (Phi) is 1.46. The van der Waals surface area contributed by atoms with Gasteiger partial charge in [0.15, 0.2) is 0 Å². The molecule has 0 aliphatic rings. The molecule has 1 aromatic carbocycles. The lowest BCUT2D eigenvalue weighted by molar-refractivity contribution is 0.475. The van der Waals surface area contributed by atoms with Crippen LogP contribution in [0, 0.1) is 0 Å². The maximum Gasteiger partial charge on any atom is 0.117 e. The number of hydrogen-bond acceptors (Lipinski definition) is 3. The Morgan fingerprint density at radius 2 is 2.33 bits per heavy atom. The Balaban J connectivity index is 2.75. The van der Waals surface area contributed by atoms with Crippen LogP contribution in [-0.4, -0.2) is 20.1 Å². The van der Waals surface area contributed by atoms with Gasteiger partial charge in [-0.25, -0.2) is 4.68 Å². The molecule has 0 radical (unpaired) electrons. The van der Waals surface area contributed by atoms with Gasteiger partial charge in [0.25, 0.3) is 0 Å². The maximum absolute atomic E-state index is 9.20. The third kappa shape index (κ3) is 0.922. The lowest BCUT2D eigenvalue weighted by Crippen LogP contribution is -1.95. The van der Waals surface area contributed by atoms with Crippen molar-refractivity contribution in [3.63, 3.8) is 0 Å². The van der Waals surface area contributed by atoms with E-state index < -0.39 is 0 Å². The van der Waals surface area contributed by atoms with Gasteiger partial charge in [-0.1, -0.05) is 5.21 Å². The van der Waals surface area contributed by atoms with E-state index in [0.29, 0.717) is 0 Å². The van der Waals surface area contributed by atoms with Crippen molar-refractivity contribution in [2.45, 2.75) is 13.5 Å². The molecule has 2 rings (SSSR count). The number of aromatic nitrogens is 3. The topological polar surface area (TPSA) is 50.9 Å². The molecule has 0 amide bonds. The average Bonchev–Trinajstić information content (AvgIpc) is 2.46. The molecular formula is C8H9N3O. The van der Waals surface area contributed by atoms with Crippen LogP contribution in [0.25, 0.3) is 11.0 Å². The van der Waals surface area contributed by atoms with Crippen LogP contribution in [0.15, 0.2) is 18.2 Å². The van der Waals surface area contributed by atoms with E-state index in [2.05, 4.69) is 10.3 Å². The predicted octanol–water partition coefficient (Wildman–Crippen LogP) is 1.16. The monoisotopic (exact) mass is 163 g/mol. The highest BCUT2D eigenvalue weighted by Crippen LogP contribution is 2.17. The first-order valence-corrected chi connectivity index (χ1v) is 3.83. The summed E-state index contributed by atoms with van der Waals surface area (Å²) in [6.07, 6.45) is 0. The Hall–Kier alpha value is -1.58. The molecule has 0 aliphatic carbocycles. The van der Waals surface area contributed by atoms with Crippen LogP contribution in [0.5, 0.6) is 5.75 Å². The maximum atomic E-state index is 9.20. The molecule has 2 aromatic rings. The van der Waals surface area contributed by atoms with E-state index in [0.717, 1.165) is 17.6 Å². The lowest BCUT2D eigenvalue weighted by Gasteiger charge is -1.95. The summed E-state index contributed by atoms with van der Waals surface area (Å²) in [5.74, 6) is 0.250. The number of phenols is 1. The third-order valence-corrected chi connectivity index (χ3v) is 1.80. The van der Waals surface area contributed by atoms with Crippen molar-refractivity contribution in [1.82, 2.24) is 15.0 Å². The summed E-state index contributed by atoms with van der Waals surface area (Å²) in [5.41, 5.74) is 1.69. The summed E-state index contributed by atoms with van der Waals surface area (Å²) in [7, 11) is 0. The third-order valence-electron chi connectivity index (χ3n) is 1.80. The van der Waals surface area contributed by atoms with Gasteiger partial charge in [0, 0.05) is 12.6 Å². The number of fused-ring (bicyclic) bond motifs is 1. The summed E-state index contributed by atoms with van der Waals surface area (Å²) in [6, 6.07) is 5.03. The quantitative estimate of drug-likeness (QED) is 0.686. The molecule has 0 bridgehead atoms. The fourth-order valence-electron chi connectivity index (χ4n) is 1.19. The smallest absolute Gasteiger partial charge is 0.117 e. The first-order chi connectivity index (χ1) is 5.81. The van der Waals surface area contributed by atoms with Gasteiger partial charge in [-0.2, -0.15) is 0 Å². The van der Waals surface area contributed by atoms with Crippen molar-refractivity contribution in [2.75, 3.05) is 0 Å². The van der Waals surface area contributed by atoms with Gasteiger partial charge in [-0.05, 0) is 19.1 Å². The molecule has 0 spiro atoms. The van der Waals surface area contributed by atoms with Crippen molar-refractivity contribution in [1.29, 1.82) is 0 Å². The molecule has 0 saturated heterocycles. The summed E-state index contributed by atoms with van der Waals surface area (Å²) >= 11 is 0. The molecule has 0 saturated carbocycles. The molecule has 0 unspecified atom stereocenters. The van der Waals surface area contributed by atoms with Gasteiger partial charge < -0.3 is 5.11 Å². The highest BCUT2D eigenvalue weighted by atomic mass is 16.3. The zero-order valence-electron chi connectivity index (χ0n) is 6.73. The lowest BCUT2D eigenvalue weighted by atomic mass is 10.3. The standard InChI is InChI=1S/C8H9N3O/c1-2-11-8-5-6(12)3-4-7(8)9-10-11/h3-5,12H,2H2,1H3. The van der Waals surface area contributed by atoms with E-state index in [1.165, 1.54) is 0 Å². The highest BCUT2D eigenvalue weighted by molar-refractivity contribution is 5.75. The van der Waals surface area contributed by atoms with E-state index >= 15 is 0 Å². The van der Waals surface area contributed by atoms with Gasteiger partial charge in [-0.15, -0.1) is 5.10 Å². The Morgan fingerprint density at radius 1 is 1.50 bits per heavy atom. The zero-order valence-corrected chi connectivity index (χ0v) is 6.73. The van der Waals surface area contributed by atoms with Crippen molar-refractivity contribution < 1.29 is 5.11 Å². The Bertz CT molecular complexity index is 408. The fraction of sp³-hybridized carbons (Fsp3) is 0.250. The number of rotatable bonds is 1. The molecule has 4 heteroatoms. The first kappa shape index (κ1) is 7.09. The van der Waals surface area contributed by atoms with Crippen LogP contribution in [0.1, 0.15) is 6.92 Å². The van der Waals surface area contributed by atoms with Crippen LogP contribution in [0.2, 0.25) is 0 Å². The number of phenolic OH excluding ortho intramolecular Hbond substituents is 1. The molecule has 62 valence electrons. The van der Waals surface area contributed by atoms with Gasteiger partial charge in [0.1, 0.15) is 11.3 Å². The molecular weight excluding hydrogens is 154 g/mol. The SMILES string of the molecule is CCn1nnc2ccc(O)cc21. The number of nitrogens with zero attached hydrogens (tertiary/aromatic N) is 3. The Labute approximate surface area is 69.4 Å². The zero-order chi connectivity index (χ0) is 8.55. The van der Waals surface area contributed by atoms with Gasteiger partial charge >= 0.3 is 0 Å². The fourth-order valence-corrected chi connectivity index (χ4v) is 1.19. The number of benzene rings is 1. The molecule has 0 aliphatic heterocycles. The molecule has 12 heavy (non-hydrogen) atoms. The number of hydrogen-bond donors (Lipinski definition) is 1. The van der Waals surface area contributed by atoms with E-state index in [1.54, 1.807) is 22.9 Å². The van der Waals surface area contributed by atoms with Crippen LogP contribution in [-0.2, 0) is 6.54 Å². The minimum absolute atomic E-state index is 0.250. The summed E-state index contributed by atoms with van der Waals surface area (Å²) in [6.45, 7) is 2.75. The van der Waals surface area contributed by atoms with Crippen LogP contribution >= 0.6 is 0 Å². The van der Waals surface area contributed by atoms with Crippen molar-refractivity contribution in [3.05, 3.63) is 18.2 Å². The summed E-state index contributed by atoms with van der Waals surface area (Å²) in [5, 5.41) is 17.0. The van der Waals surface area contributed by atoms with Crippen LogP contribution < -0.4 is 0 Å². The van der Waals surface area contributed by atoms with Crippen molar-refractivity contribution in [2.24, 2.45) is 0 Å². The molecule has 4 nitrogen and oxygen atoms in total. The molecule has 0 fully saturated rings. The predicted molar refractivity (Wildman–Crippen MR) is 44.9 cm³/mol. The van der Waals surface area contributed by atoms with E-state index in [9.17, 15) is 5.11 Å². The van der Waals surface area contributed by atoms with Crippen LogP contribution in [0.4, 0.5) is 0 Å². The first-order valence-electron chi connectivity index (χ1n) is 3.83. The second-order valence-corrected chi connectivity index (χ2v) is 2.58. The molecule has 1 heterocycles. The molecule has 0 atom stereocenters. The van der Waals surface area contributed by atoms with Gasteiger partial charge in [0.05, 0.1) is 5.52 Å². The van der Waals surface area contributed by atoms with Gasteiger partial charge in [0.2, 0.25) is 0 Å². The minimum atomic E-state index is 0.250. The Morgan fingerprint density at radius 3 is 3.08 bits per heavy atom. The van der Waals surface area contributed by atoms with E-state index in [1.807, 2.05) is 6.92 Å². The average molecular weight is 163 g/mol. The second kappa shape index (κ2) is 2.48. The number of aryl methyl sites for hydroxylation is 1. The normalized spacial score (nSPS) is 10.8. The highest BCUT2D eigenvalue weighted by Gasteiger charge is 2.02. The second-order valence-electron chi connectivity index (χ2n) is 2.58. The van der Waals surface area contributed by atoms with Gasteiger partial charge in [-0.3, -0.25) is 0 Å². The van der Waals surface area contributed by atoms with Crippen LogP contribution in [0.3, 0.4) is 0 Å². The van der Waals surface area contributed by atoms with Crippen molar-refractivity contribution >= 4 is 11.0 Å². The summed E-state index contributed by atoms with van der Waals surface area (Å²) in [4.78, 5) is 0. The summed E-state index contributed by atoms with van der Waals surface area (Å²) < 4.78 is 1.75. The molecule has 1 aromatic heterocycles. The largest absolute Gasteiger partial charge is 0.508 e. The van der Waals surface area contributed by atoms with E-state index in [-0.39, 0.29) is 5.75 Å².